The number of nitrogens with one attached hydrogen (secondary N) is 2. The molecule has 0 bridgehead atoms. The molecule has 30 heavy (non-hydrogen) atoms. The van der Waals surface area contributed by atoms with E-state index in [0.717, 1.165) is 34.6 Å². The second-order valence-electron chi connectivity index (χ2n) is 8.13. The van der Waals surface area contributed by atoms with Gasteiger partial charge < -0.3 is 10.6 Å². The number of ketones is 1. The number of carbonyl (C=O) groups is 1. The quantitative estimate of drug-likeness (QED) is 0.386. The van der Waals surface area contributed by atoms with Crippen molar-refractivity contribution >= 4 is 39.7 Å². The smallest absolute Gasteiger partial charge is 0.163 e. The average Bonchev–Trinajstić information content (AvgIpc) is 2.91. The minimum Gasteiger partial charge on any atom is -0.372 e. The number of hydrogen-bond acceptors (Lipinski definition) is 3. The Morgan fingerprint density at radius 3 is 2.40 bits per heavy atom. The minimum absolute atomic E-state index is 0.155. The fourth-order valence-electron chi connectivity index (χ4n) is 4.50. The zero-order valence-corrected chi connectivity index (χ0v) is 18.9. The lowest BCUT2D eigenvalue weighted by molar-refractivity contribution is -0.116. The molecule has 0 aromatic heterocycles. The van der Waals surface area contributed by atoms with E-state index >= 15 is 0 Å². The van der Waals surface area contributed by atoms with E-state index in [1.54, 1.807) is 0 Å². The van der Waals surface area contributed by atoms with Gasteiger partial charge in [0.2, 0.25) is 0 Å². The molecule has 2 atom stereocenters. The van der Waals surface area contributed by atoms with Crippen LogP contribution in [0.5, 0.6) is 0 Å². The van der Waals surface area contributed by atoms with Gasteiger partial charge in [0.05, 0.1) is 17.4 Å². The molecule has 0 saturated carbocycles. The second kappa shape index (κ2) is 7.91. The predicted octanol–water partition coefficient (Wildman–Crippen LogP) is 6.58. The van der Waals surface area contributed by atoms with Crippen molar-refractivity contribution in [2.45, 2.75) is 31.7 Å². The fraction of sp³-hybridized carbons (Fsp3) is 0.192. The van der Waals surface area contributed by atoms with Crippen LogP contribution < -0.4 is 10.6 Å². The van der Waals surface area contributed by atoms with E-state index < -0.39 is 0 Å². The van der Waals surface area contributed by atoms with Crippen molar-refractivity contribution in [1.82, 2.24) is 0 Å². The van der Waals surface area contributed by atoms with Gasteiger partial charge in [-0.05, 0) is 77.2 Å². The van der Waals surface area contributed by atoms with Crippen LogP contribution in [0.2, 0.25) is 0 Å². The Morgan fingerprint density at radius 1 is 0.867 bits per heavy atom. The first-order valence-corrected chi connectivity index (χ1v) is 11.4. The van der Waals surface area contributed by atoms with Crippen LogP contribution in [0.15, 0.2) is 84.1 Å². The highest BCUT2D eigenvalue weighted by Crippen LogP contribution is 2.44. The number of aryl methyl sites for hydroxylation is 1. The number of rotatable bonds is 2. The third-order valence-electron chi connectivity index (χ3n) is 6.04. The third-order valence-corrected chi connectivity index (χ3v) is 6.71. The molecular weight excluding hydrogens is 483 g/mol. The Labute approximate surface area is 190 Å². The zero-order valence-electron chi connectivity index (χ0n) is 16.8. The summed E-state index contributed by atoms with van der Waals surface area (Å²) < 4.78 is 1.17. The summed E-state index contributed by atoms with van der Waals surface area (Å²) in [6.45, 7) is 2.09. The molecule has 1 aliphatic carbocycles. The summed E-state index contributed by atoms with van der Waals surface area (Å²) in [5.41, 5.74) is 7.56. The van der Waals surface area contributed by atoms with E-state index in [4.69, 9.17) is 0 Å². The Morgan fingerprint density at radius 2 is 1.63 bits per heavy atom. The largest absolute Gasteiger partial charge is 0.372 e. The van der Waals surface area contributed by atoms with Gasteiger partial charge in [0, 0.05) is 21.3 Å². The fourth-order valence-corrected chi connectivity index (χ4v) is 5.07. The van der Waals surface area contributed by atoms with Crippen molar-refractivity contribution < 1.29 is 4.79 Å². The molecule has 3 aromatic rings. The second-order valence-corrected chi connectivity index (χ2v) is 9.38. The summed E-state index contributed by atoms with van der Waals surface area (Å²) >= 11 is 2.33. The van der Waals surface area contributed by atoms with Crippen molar-refractivity contribution in [2.75, 3.05) is 10.6 Å². The van der Waals surface area contributed by atoms with Crippen LogP contribution in [0.4, 0.5) is 11.4 Å². The van der Waals surface area contributed by atoms with Crippen LogP contribution in [0.25, 0.3) is 0 Å². The van der Waals surface area contributed by atoms with E-state index in [9.17, 15) is 4.79 Å². The van der Waals surface area contributed by atoms with Crippen LogP contribution >= 0.6 is 22.6 Å². The van der Waals surface area contributed by atoms with Gasteiger partial charge in [-0.15, -0.1) is 0 Å². The molecular formula is C26H23IN2O. The maximum absolute atomic E-state index is 13.5. The molecule has 2 aliphatic rings. The molecule has 3 aromatic carbocycles. The lowest BCUT2D eigenvalue weighted by atomic mass is 9.78. The molecule has 0 unspecified atom stereocenters. The van der Waals surface area contributed by atoms with Crippen LogP contribution in [0, 0.1) is 10.5 Å². The van der Waals surface area contributed by atoms with Crippen molar-refractivity contribution in [3.05, 3.63) is 104 Å². The number of hydrogen-bond donors (Lipinski definition) is 2. The Bertz CT molecular complexity index is 1150. The number of carbonyl (C=O) groups excluding carboxylic acids is 1. The van der Waals surface area contributed by atoms with Gasteiger partial charge in [0.25, 0.3) is 0 Å². The number of fused-ring (bicyclic) bond motifs is 1. The number of benzene rings is 3. The van der Waals surface area contributed by atoms with Crippen molar-refractivity contribution in [2.24, 2.45) is 0 Å². The molecule has 0 saturated heterocycles. The molecule has 4 heteroatoms. The maximum atomic E-state index is 13.5. The predicted molar refractivity (Wildman–Crippen MR) is 131 cm³/mol. The van der Waals surface area contributed by atoms with E-state index in [0.29, 0.717) is 6.42 Å². The molecule has 0 amide bonds. The van der Waals surface area contributed by atoms with Gasteiger partial charge in [-0.3, -0.25) is 4.79 Å². The molecule has 1 heterocycles. The number of Topliss-reactive ketones (excluding diaryl/α,β-unsaturated/α-hetero) is 1. The van der Waals surface area contributed by atoms with Crippen molar-refractivity contribution in [3.63, 3.8) is 0 Å². The lowest BCUT2D eigenvalue weighted by Crippen LogP contribution is -2.26. The normalized spacial score (nSPS) is 20.5. The van der Waals surface area contributed by atoms with Crippen molar-refractivity contribution in [3.8, 4) is 0 Å². The average molecular weight is 506 g/mol. The van der Waals surface area contributed by atoms with Crippen LogP contribution in [-0.2, 0) is 4.79 Å². The van der Waals surface area contributed by atoms with E-state index in [1.807, 2.05) is 12.1 Å². The molecule has 0 fully saturated rings. The molecule has 2 N–H and O–H groups in total. The Hall–Kier alpha value is -2.60. The van der Waals surface area contributed by atoms with Crippen LogP contribution in [0.1, 0.15) is 41.5 Å². The highest BCUT2D eigenvalue weighted by molar-refractivity contribution is 14.1. The highest BCUT2D eigenvalue weighted by atomic mass is 127. The summed E-state index contributed by atoms with van der Waals surface area (Å²) in [5, 5.41) is 7.26. The number of allylic oxidation sites excluding steroid dienone is 1. The first-order chi connectivity index (χ1) is 14.6. The zero-order chi connectivity index (χ0) is 20.7. The van der Waals surface area contributed by atoms with Crippen LogP contribution in [-0.4, -0.2) is 5.78 Å². The van der Waals surface area contributed by atoms with Crippen molar-refractivity contribution in [1.29, 1.82) is 0 Å². The number of para-hydroxylation sites is 2. The SMILES string of the molecule is Cc1ccc([C@@H]2CC(=O)C3=C(C2)Nc2ccccc2N[C@H]3c2cccc(I)c2)cc1. The monoisotopic (exact) mass is 506 g/mol. The Balaban J connectivity index is 1.61. The van der Waals surface area contributed by atoms with Gasteiger partial charge in [0.15, 0.2) is 5.78 Å². The third kappa shape index (κ3) is 3.65. The van der Waals surface area contributed by atoms with Gasteiger partial charge in [-0.1, -0.05) is 54.1 Å². The van der Waals surface area contributed by atoms with E-state index in [-0.39, 0.29) is 17.7 Å². The molecule has 0 spiro atoms. The summed E-state index contributed by atoms with van der Waals surface area (Å²) in [6, 6.07) is 25.1. The molecule has 1 aliphatic heterocycles. The number of anilines is 2. The van der Waals surface area contributed by atoms with E-state index in [1.165, 1.54) is 14.7 Å². The molecule has 5 rings (SSSR count). The topological polar surface area (TPSA) is 41.1 Å². The minimum atomic E-state index is -0.155. The summed E-state index contributed by atoms with van der Waals surface area (Å²) in [4.78, 5) is 13.5. The standard InChI is InChI=1S/C26H23IN2O/c1-16-9-11-17(12-10-16)19-14-23-25(24(30)15-19)26(18-5-4-6-20(27)13-18)29-22-8-3-2-7-21(22)28-23/h2-13,19,26,28-29H,14-15H2,1H3/t19-,26-/m0/s1. The first kappa shape index (κ1) is 19.4. The van der Waals surface area contributed by atoms with E-state index in [2.05, 4.69) is 101 Å². The summed E-state index contributed by atoms with van der Waals surface area (Å²) in [6.07, 6.45) is 1.38. The Kier molecular flexibility index (Phi) is 5.11. The number of halogens is 1. The van der Waals surface area contributed by atoms with Gasteiger partial charge in [-0.2, -0.15) is 0 Å². The van der Waals surface area contributed by atoms with Gasteiger partial charge in [0.1, 0.15) is 0 Å². The first-order valence-electron chi connectivity index (χ1n) is 10.3. The van der Waals surface area contributed by atoms with Crippen LogP contribution in [0.3, 0.4) is 0 Å². The molecule has 150 valence electrons. The maximum Gasteiger partial charge on any atom is 0.163 e. The van der Waals surface area contributed by atoms with Gasteiger partial charge >= 0.3 is 0 Å². The lowest BCUT2D eigenvalue weighted by Gasteiger charge is -2.30. The van der Waals surface area contributed by atoms with Gasteiger partial charge in [-0.25, -0.2) is 0 Å². The highest BCUT2D eigenvalue weighted by Gasteiger charge is 2.36. The molecule has 0 radical (unpaired) electrons. The molecule has 3 nitrogen and oxygen atoms in total. The summed E-state index contributed by atoms with van der Waals surface area (Å²) in [7, 11) is 0. The summed E-state index contributed by atoms with van der Waals surface area (Å²) in [5.74, 6) is 0.421.